The number of likely N-dealkylation sites (tertiary alicyclic amines) is 1. The van der Waals surface area contributed by atoms with Crippen molar-refractivity contribution >= 4 is 5.91 Å². The maximum Gasteiger partial charge on any atom is 0.223 e. The van der Waals surface area contributed by atoms with Crippen molar-refractivity contribution in [2.45, 2.75) is 13.0 Å². The highest BCUT2D eigenvalue weighted by molar-refractivity contribution is 5.79. The second kappa shape index (κ2) is 4.47. The molecule has 1 aromatic carbocycles. The van der Waals surface area contributed by atoms with Crippen LogP contribution in [0.25, 0.3) is 0 Å². The molecule has 0 bridgehead atoms. The molecule has 1 unspecified atom stereocenters. The van der Waals surface area contributed by atoms with E-state index in [-0.39, 0.29) is 17.6 Å². The molecule has 1 aliphatic heterocycles. The zero-order valence-electron chi connectivity index (χ0n) is 9.03. The summed E-state index contributed by atoms with van der Waals surface area (Å²) in [6.45, 7) is 4.69. The summed E-state index contributed by atoms with van der Waals surface area (Å²) in [4.78, 5) is 13.3. The van der Waals surface area contributed by atoms with Crippen LogP contribution in [0.3, 0.4) is 0 Å². The van der Waals surface area contributed by atoms with Gasteiger partial charge in [0.15, 0.2) is 0 Å². The van der Waals surface area contributed by atoms with Gasteiger partial charge >= 0.3 is 0 Å². The largest absolute Gasteiger partial charge is 0.338 e. The number of carbonyl (C=O) groups is 1. The van der Waals surface area contributed by atoms with Gasteiger partial charge in [-0.3, -0.25) is 4.79 Å². The van der Waals surface area contributed by atoms with E-state index in [2.05, 4.69) is 6.58 Å². The van der Waals surface area contributed by atoms with Gasteiger partial charge in [-0.25, -0.2) is 4.39 Å². The number of hydrogen-bond acceptors (Lipinski definition) is 1. The zero-order chi connectivity index (χ0) is 11.5. The highest BCUT2D eigenvalue weighted by Gasteiger charge is 2.27. The fraction of sp³-hybridized carbons (Fsp3) is 0.308. The van der Waals surface area contributed by atoms with Crippen LogP contribution in [-0.2, 0) is 11.3 Å². The molecule has 1 heterocycles. The number of hydrogen-bond donors (Lipinski definition) is 0. The lowest BCUT2D eigenvalue weighted by atomic mass is 10.1. The third-order valence-electron chi connectivity index (χ3n) is 2.90. The van der Waals surface area contributed by atoms with Crippen LogP contribution < -0.4 is 0 Å². The molecule has 1 fully saturated rings. The van der Waals surface area contributed by atoms with Gasteiger partial charge < -0.3 is 4.90 Å². The van der Waals surface area contributed by atoms with E-state index in [0.29, 0.717) is 25.1 Å². The Kier molecular flexibility index (Phi) is 3.04. The number of rotatable bonds is 3. The fourth-order valence-electron chi connectivity index (χ4n) is 1.95. The quantitative estimate of drug-likeness (QED) is 0.715. The van der Waals surface area contributed by atoms with Crippen LogP contribution in [0.1, 0.15) is 12.0 Å². The molecule has 0 aromatic heterocycles. The summed E-state index contributed by atoms with van der Waals surface area (Å²) >= 11 is 0. The lowest BCUT2D eigenvalue weighted by Crippen LogP contribution is -2.24. The van der Waals surface area contributed by atoms with E-state index in [9.17, 15) is 9.18 Å². The minimum absolute atomic E-state index is 0.0770. The molecule has 0 saturated carbocycles. The van der Waals surface area contributed by atoms with Crippen molar-refractivity contribution < 1.29 is 9.18 Å². The molecule has 2 nitrogen and oxygen atoms in total. The second-order valence-corrected chi connectivity index (χ2v) is 4.07. The number of amides is 1. The topological polar surface area (TPSA) is 20.3 Å². The van der Waals surface area contributed by atoms with E-state index >= 15 is 0 Å². The second-order valence-electron chi connectivity index (χ2n) is 4.07. The standard InChI is InChI=1S/C13H14FNO/c1-2-10-7-13(16)15(8-10)9-11-5-3-4-6-12(11)14/h2-6,10H,1,7-9H2. The van der Waals surface area contributed by atoms with Crippen molar-refractivity contribution in [1.82, 2.24) is 4.90 Å². The van der Waals surface area contributed by atoms with Gasteiger partial charge in [-0.2, -0.15) is 0 Å². The average molecular weight is 219 g/mol. The molecular weight excluding hydrogens is 205 g/mol. The van der Waals surface area contributed by atoms with Gasteiger partial charge in [0.1, 0.15) is 5.82 Å². The smallest absolute Gasteiger partial charge is 0.223 e. The molecule has 0 N–H and O–H groups in total. The molecule has 2 rings (SSSR count). The molecule has 1 amide bonds. The predicted molar refractivity (Wildman–Crippen MR) is 60.1 cm³/mol. The van der Waals surface area contributed by atoms with Crippen LogP contribution >= 0.6 is 0 Å². The molecule has 3 heteroatoms. The summed E-state index contributed by atoms with van der Waals surface area (Å²) in [6, 6.07) is 6.56. The summed E-state index contributed by atoms with van der Waals surface area (Å²) in [7, 11) is 0. The third kappa shape index (κ3) is 2.13. The molecule has 1 aromatic rings. The monoisotopic (exact) mass is 219 g/mol. The molecule has 1 saturated heterocycles. The van der Waals surface area contributed by atoms with E-state index in [4.69, 9.17) is 0 Å². The fourth-order valence-corrected chi connectivity index (χ4v) is 1.95. The summed E-state index contributed by atoms with van der Waals surface area (Å²) in [5, 5.41) is 0. The van der Waals surface area contributed by atoms with Crippen molar-refractivity contribution in [3.63, 3.8) is 0 Å². The van der Waals surface area contributed by atoms with Crippen LogP contribution in [0.5, 0.6) is 0 Å². The summed E-state index contributed by atoms with van der Waals surface area (Å²) in [6.07, 6.45) is 2.29. The molecule has 0 aliphatic carbocycles. The molecule has 84 valence electrons. The van der Waals surface area contributed by atoms with E-state index in [0.717, 1.165) is 0 Å². The van der Waals surface area contributed by atoms with Crippen LogP contribution in [0.2, 0.25) is 0 Å². The molecule has 1 atom stereocenters. The maximum absolute atomic E-state index is 13.4. The Bertz CT molecular complexity index is 416. The van der Waals surface area contributed by atoms with Crippen molar-refractivity contribution in [3.05, 3.63) is 48.3 Å². The Hall–Kier alpha value is -1.64. The normalized spacial score (nSPS) is 20.2. The molecule has 1 aliphatic rings. The number of halogens is 1. The Morgan fingerprint density at radius 3 is 2.88 bits per heavy atom. The first-order valence-corrected chi connectivity index (χ1v) is 5.34. The predicted octanol–water partition coefficient (Wildman–Crippen LogP) is 2.36. The number of nitrogens with zero attached hydrogens (tertiary/aromatic N) is 1. The van der Waals surface area contributed by atoms with Crippen molar-refractivity contribution in [1.29, 1.82) is 0 Å². The van der Waals surface area contributed by atoms with Gasteiger partial charge in [-0.05, 0) is 6.07 Å². The van der Waals surface area contributed by atoms with Crippen LogP contribution in [-0.4, -0.2) is 17.4 Å². The summed E-state index contributed by atoms with van der Waals surface area (Å²) in [5.74, 6) is 0.0322. The van der Waals surface area contributed by atoms with E-state index in [1.807, 2.05) is 0 Å². The van der Waals surface area contributed by atoms with Crippen LogP contribution in [0.4, 0.5) is 4.39 Å². The van der Waals surface area contributed by atoms with E-state index in [1.54, 1.807) is 29.2 Å². The van der Waals surface area contributed by atoms with Crippen LogP contribution in [0.15, 0.2) is 36.9 Å². The zero-order valence-corrected chi connectivity index (χ0v) is 9.03. The van der Waals surface area contributed by atoms with Gasteiger partial charge in [0.2, 0.25) is 5.91 Å². The van der Waals surface area contributed by atoms with Crippen molar-refractivity contribution in [2.24, 2.45) is 5.92 Å². The lowest BCUT2D eigenvalue weighted by Gasteiger charge is -2.16. The summed E-state index contributed by atoms with van der Waals surface area (Å²) in [5.41, 5.74) is 0.570. The Morgan fingerprint density at radius 2 is 2.25 bits per heavy atom. The first-order valence-electron chi connectivity index (χ1n) is 5.34. The SMILES string of the molecule is C=CC1CC(=O)N(Cc2ccccc2F)C1. The first-order chi connectivity index (χ1) is 7.70. The van der Waals surface area contributed by atoms with Gasteiger partial charge in [0.05, 0.1) is 0 Å². The highest BCUT2D eigenvalue weighted by atomic mass is 19.1. The van der Waals surface area contributed by atoms with E-state index in [1.165, 1.54) is 6.07 Å². The number of benzene rings is 1. The number of carbonyl (C=O) groups excluding carboxylic acids is 1. The average Bonchev–Trinajstić information content (AvgIpc) is 2.63. The van der Waals surface area contributed by atoms with Gasteiger partial charge in [-0.1, -0.05) is 24.3 Å². The Labute approximate surface area is 94.4 Å². The third-order valence-corrected chi connectivity index (χ3v) is 2.90. The Morgan fingerprint density at radius 1 is 1.50 bits per heavy atom. The lowest BCUT2D eigenvalue weighted by molar-refractivity contribution is -0.128. The van der Waals surface area contributed by atoms with Gasteiger partial charge in [0, 0.05) is 31.0 Å². The molecule has 16 heavy (non-hydrogen) atoms. The molecule has 0 radical (unpaired) electrons. The molecular formula is C13H14FNO. The highest BCUT2D eigenvalue weighted by Crippen LogP contribution is 2.21. The van der Waals surface area contributed by atoms with Gasteiger partial charge in [-0.15, -0.1) is 6.58 Å². The minimum atomic E-state index is -0.252. The first kappa shape index (κ1) is 10.9. The molecule has 0 spiro atoms. The van der Waals surface area contributed by atoms with Crippen LogP contribution in [0, 0.1) is 11.7 Å². The maximum atomic E-state index is 13.4. The van der Waals surface area contributed by atoms with E-state index < -0.39 is 0 Å². The Balaban J connectivity index is 2.08. The van der Waals surface area contributed by atoms with Crippen molar-refractivity contribution in [3.8, 4) is 0 Å². The summed E-state index contributed by atoms with van der Waals surface area (Å²) < 4.78 is 13.4. The van der Waals surface area contributed by atoms with Gasteiger partial charge in [0.25, 0.3) is 0 Å². The minimum Gasteiger partial charge on any atom is -0.338 e. The van der Waals surface area contributed by atoms with Crippen molar-refractivity contribution in [2.75, 3.05) is 6.54 Å².